The van der Waals surface area contributed by atoms with E-state index in [0.29, 0.717) is 0 Å². The molecule has 0 radical (unpaired) electrons. The quantitative estimate of drug-likeness (QED) is 0.721. The number of hydrogen-bond donors (Lipinski definition) is 1. The highest BCUT2D eigenvalue weighted by molar-refractivity contribution is 4.71. The van der Waals surface area contributed by atoms with E-state index in [0.717, 1.165) is 6.54 Å². The van der Waals surface area contributed by atoms with Crippen molar-refractivity contribution in [1.82, 2.24) is 10.2 Å². The molecule has 1 rings (SSSR count). The third-order valence-corrected chi connectivity index (χ3v) is 3.01. The maximum Gasteiger partial charge on any atom is 0.00965 e. The van der Waals surface area contributed by atoms with Gasteiger partial charge in [0, 0.05) is 5.54 Å². The van der Waals surface area contributed by atoms with Crippen molar-refractivity contribution in [3.63, 3.8) is 0 Å². The van der Waals surface area contributed by atoms with E-state index in [1.54, 1.807) is 0 Å². The van der Waals surface area contributed by atoms with Crippen LogP contribution in [0.4, 0.5) is 0 Å². The fourth-order valence-electron chi connectivity index (χ4n) is 2.13. The minimum atomic E-state index is 0.277. The summed E-state index contributed by atoms with van der Waals surface area (Å²) in [6.07, 6.45) is 6.99. The van der Waals surface area contributed by atoms with E-state index in [4.69, 9.17) is 0 Å². The van der Waals surface area contributed by atoms with Gasteiger partial charge in [0.15, 0.2) is 0 Å². The summed E-state index contributed by atoms with van der Waals surface area (Å²) in [6, 6.07) is 0. The molecule has 15 heavy (non-hydrogen) atoms. The Hall–Kier alpha value is -0.0800. The fourth-order valence-corrected chi connectivity index (χ4v) is 2.13. The highest BCUT2D eigenvalue weighted by Crippen LogP contribution is 2.09. The molecule has 1 aliphatic heterocycles. The molecule has 2 nitrogen and oxygen atoms in total. The molecule has 0 amide bonds. The third kappa shape index (κ3) is 6.91. The Kier molecular flexibility index (Phi) is 5.62. The van der Waals surface area contributed by atoms with Crippen molar-refractivity contribution in [2.75, 3.05) is 26.2 Å². The van der Waals surface area contributed by atoms with Crippen LogP contribution in [-0.2, 0) is 0 Å². The molecule has 90 valence electrons. The minimum Gasteiger partial charge on any atom is -0.312 e. The van der Waals surface area contributed by atoms with Crippen LogP contribution < -0.4 is 5.32 Å². The Morgan fingerprint density at radius 3 is 2.13 bits per heavy atom. The van der Waals surface area contributed by atoms with E-state index in [9.17, 15) is 0 Å². The average molecular weight is 212 g/mol. The summed E-state index contributed by atoms with van der Waals surface area (Å²) in [4.78, 5) is 2.64. The smallest absolute Gasteiger partial charge is 0.00965 e. The molecule has 0 spiro atoms. The van der Waals surface area contributed by atoms with Crippen LogP contribution in [0.1, 0.15) is 52.9 Å². The summed E-state index contributed by atoms with van der Waals surface area (Å²) in [5.41, 5.74) is 0.277. The average Bonchev–Trinajstić information content (AvgIpc) is 2.39. The zero-order chi connectivity index (χ0) is 11.1. The zero-order valence-corrected chi connectivity index (χ0v) is 10.8. The molecular weight excluding hydrogens is 184 g/mol. The molecule has 1 saturated heterocycles. The highest BCUT2D eigenvalue weighted by atomic mass is 15.1. The Labute approximate surface area is 95.4 Å². The Bertz CT molecular complexity index is 152. The van der Waals surface area contributed by atoms with Gasteiger partial charge in [0.05, 0.1) is 0 Å². The molecule has 1 N–H and O–H groups in total. The monoisotopic (exact) mass is 212 g/mol. The second kappa shape index (κ2) is 6.49. The summed E-state index contributed by atoms with van der Waals surface area (Å²) in [6.45, 7) is 11.8. The van der Waals surface area contributed by atoms with E-state index in [1.165, 1.54) is 51.7 Å². The van der Waals surface area contributed by atoms with Gasteiger partial charge in [-0.2, -0.15) is 0 Å². The summed E-state index contributed by atoms with van der Waals surface area (Å²) >= 11 is 0. The maximum absolute atomic E-state index is 3.55. The molecular formula is C13H28N2. The first kappa shape index (κ1) is 13.0. The molecule has 0 aromatic rings. The summed E-state index contributed by atoms with van der Waals surface area (Å²) in [5.74, 6) is 0. The standard InChI is InChI=1S/C13H28N2/c1-13(2,3)14-9-8-12-15-10-6-4-5-7-11-15/h14H,4-12H2,1-3H3. The molecule has 1 heterocycles. The largest absolute Gasteiger partial charge is 0.312 e. The van der Waals surface area contributed by atoms with Crippen LogP contribution in [0, 0.1) is 0 Å². The van der Waals surface area contributed by atoms with Gasteiger partial charge in [-0.25, -0.2) is 0 Å². The van der Waals surface area contributed by atoms with Crippen molar-refractivity contribution >= 4 is 0 Å². The first-order valence-electron chi connectivity index (χ1n) is 6.55. The molecule has 2 heteroatoms. The van der Waals surface area contributed by atoms with Gasteiger partial charge in [-0.1, -0.05) is 12.8 Å². The molecule has 0 unspecified atom stereocenters. The lowest BCUT2D eigenvalue weighted by Crippen LogP contribution is -2.38. The van der Waals surface area contributed by atoms with Gasteiger partial charge in [0.2, 0.25) is 0 Å². The van der Waals surface area contributed by atoms with Gasteiger partial charge in [-0.05, 0) is 66.2 Å². The first-order chi connectivity index (χ1) is 7.08. The third-order valence-electron chi connectivity index (χ3n) is 3.01. The zero-order valence-electron chi connectivity index (χ0n) is 10.8. The molecule has 0 bridgehead atoms. The molecule has 1 aliphatic rings. The summed E-state index contributed by atoms with van der Waals surface area (Å²) in [7, 11) is 0. The number of nitrogens with one attached hydrogen (secondary N) is 1. The summed E-state index contributed by atoms with van der Waals surface area (Å²) in [5, 5.41) is 3.55. The highest BCUT2D eigenvalue weighted by Gasteiger charge is 2.10. The van der Waals surface area contributed by atoms with E-state index in [2.05, 4.69) is 31.0 Å². The molecule has 1 fully saturated rings. The molecule has 0 saturated carbocycles. The van der Waals surface area contributed by atoms with Crippen molar-refractivity contribution in [3.8, 4) is 0 Å². The lowest BCUT2D eigenvalue weighted by molar-refractivity contribution is 0.274. The van der Waals surface area contributed by atoms with Crippen LogP contribution in [0.5, 0.6) is 0 Å². The molecule has 0 aliphatic carbocycles. The lowest BCUT2D eigenvalue weighted by atomic mass is 10.1. The van der Waals surface area contributed by atoms with Crippen molar-refractivity contribution in [2.45, 2.75) is 58.4 Å². The molecule has 0 atom stereocenters. The normalized spacial score (nSPS) is 20.2. The molecule has 0 aromatic heterocycles. The minimum absolute atomic E-state index is 0.277. The van der Waals surface area contributed by atoms with Crippen LogP contribution in [0.15, 0.2) is 0 Å². The van der Waals surface area contributed by atoms with E-state index >= 15 is 0 Å². The van der Waals surface area contributed by atoms with E-state index in [-0.39, 0.29) is 5.54 Å². The predicted molar refractivity (Wildman–Crippen MR) is 67.3 cm³/mol. The van der Waals surface area contributed by atoms with Crippen LogP contribution in [0.25, 0.3) is 0 Å². The van der Waals surface area contributed by atoms with Crippen LogP contribution >= 0.6 is 0 Å². The van der Waals surface area contributed by atoms with Crippen molar-refractivity contribution in [3.05, 3.63) is 0 Å². The lowest BCUT2D eigenvalue weighted by Gasteiger charge is -2.23. The van der Waals surface area contributed by atoms with Crippen molar-refractivity contribution in [1.29, 1.82) is 0 Å². The van der Waals surface area contributed by atoms with Crippen LogP contribution in [0.3, 0.4) is 0 Å². The maximum atomic E-state index is 3.55. The van der Waals surface area contributed by atoms with E-state index in [1.807, 2.05) is 0 Å². The number of nitrogens with zero attached hydrogens (tertiary/aromatic N) is 1. The number of likely N-dealkylation sites (tertiary alicyclic amines) is 1. The van der Waals surface area contributed by atoms with Gasteiger partial charge >= 0.3 is 0 Å². The van der Waals surface area contributed by atoms with Crippen LogP contribution in [0.2, 0.25) is 0 Å². The number of rotatable bonds is 4. The van der Waals surface area contributed by atoms with Gasteiger partial charge in [-0.15, -0.1) is 0 Å². The van der Waals surface area contributed by atoms with Crippen LogP contribution in [-0.4, -0.2) is 36.6 Å². The first-order valence-corrected chi connectivity index (χ1v) is 6.55. The Balaban J connectivity index is 2.03. The summed E-state index contributed by atoms with van der Waals surface area (Å²) < 4.78 is 0. The second-order valence-electron chi connectivity index (χ2n) is 5.79. The van der Waals surface area contributed by atoms with Gasteiger partial charge < -0.3 is 10.2 Å². The van der Waals surface area contributed by atoms with Gasteiger partial charge in [0.1, 0.15) is 0 Å². The fraction of sp³-hybridized carbons (Fsp3) is 1.00. The second-order valence-corrected chi connectivity index (χ2v) is 5.79. The topological polar surface area (TPSA) is 15.3 Å². The predicted octanol–water partition coefficient (Wildman–Crippen LogP) is 2.64. The molecule has 0 aromatic carbocycles. The van der Waals surface area contributed by atoms with Gasteiger partial charge in [-0.3, -0.25) is 0 Å². The SMILES string of the molecule is CC(C)(C)NCCCN1CCCCCC1. The Morgan fingerprint density at radius 1 is 1.00 bits per heavy atom. The van der Waals surface area contributed by atoms with Gasteiger partial charge in [0.25, 0.3) is 0 Å². The van der Waals surface area contributed by atoms with Crippen molar-refractivity contribution < 1.29 is 0 Å². The Morgan fingerprint density at radius 2 is 1.60 bits per heavy atom. The number of hydrogen-bond acceptors (Lipinski definition) is 2. The van der Waals surface area contributed by atoms with E-state index < -0.39 is 0 Å². The van der Waals surface area contributed by atoms with Crippen molar-refractivity contribution in [2.24, 2.45) is 0 Å².